The van der Waals surface area contributed by atoms with Crippen LogP contribution >= 0.6 is 0 Å². The summed E-state index contributed by atoms with van der Waals surface area (Å²) in [5.74, 6) is 0.599. The van der Waals surface area contributed by atoms with Gasteiger partial charge in [-0.1, -0.05) is 25.3 Å². The van der Waals surface area contributed by atoms with Crippen LogP contribution < -0.4 is 10.6 Å². The maximum atomic E-state index is 12.2. The summed E-state index contributed by atoms with van der Waals surface area (Å²) in [6, 6.07) is 7.34. The van der Waals surface area contributed by atoms with E-state index < -0.39 is 0 Å². The minimum atomic E-state index is -0.0572. The van der Waals surface area contributed by atoms with Gasteiger partial charge in [0, 0.05) is 30.9 Å². The zero-order valence-electron chi connectivity index (χ0n) is 14.2. The van der Waals surface area contributed by atoms with Crippen molar-refractivity contribution >= 4 is 23.3 Å². The molecule has 1 aromatic rings. The Hall–Kier alpha value is -2.04. The molecule has 1 saturated carbocycles. The topological polar surface area (TPSA) is 61.4 Å². The number of hydrogen-bond acceptors (Lipinski definition) is 2. The lowest BCUT2D eigenvalue weighted by atomic mass is 9.87. The predicted molar refractivity (Wildman–Crippen MR) is 96.1 cm³/mol. The van der Waals surface area contributed by atoms with Crippen LogP contribution in [0.5, 0.6) is 0 Å². The third kappa shape index (κ3) is 4.73. The highest BCUT2D eigenvalue weighted by Gasteiger charge is 2.19. The van der Waals surface area contributed by atoms with Gasteiger partial charge in [-0.2, -0.15) is 0 Å². The Kier molecular flexibility index (Phi) is 5.72. The molecule has 2 fully saturated rings. The molecule has 0 unspecified atom stereocenters. The Balaban J connectivity index is 1.52. The Morgan fingerprint density at radius 3 is 2.33 bits per heavy atom. The summed E-state index contributed by atoms with van der Waals surface area (Å²) >= 11 is 0. The van der Waals surface area contributed by atoms with Gasteiger partial charge < -0.3 is 15.5 Å². The molecule has 0 bridgehead atoms. The van der Waals surface area contributed by atoms with Crippen LogP contribution in [0.25, 0.3) is 0 Å². The molecule has 3 amide bonds. The molecule has 3 rings (SSSR count). The second-order valence-electron chi connectivity index (χ2n) is 6.96. The van der Waals surface area contributed by atoms with Crippen molar-refractivity contribution in [1.82, 2.24) is 4.90 Å². The minimum absolute atomic E-state index is 0.0572. The molecule has 5 nitrogen and oxygen atoms in total. The van der Waals surface area contributed by atoms with Gasteiger partial charge in [-0.25, -0.2) is 4.79 Å². The van der Waals surface area contributed by atoms with E-state index in [1.807, 2.05) is 29.2 Å². The third-order valence-electron chi connectivity index (χ3n) is 4.99. The highest BCUT2D eigenvalue weighted by atomic mass is 16.2. The Morgan fingerprint density at radius 2 is 1.62 bits per heavy atom. The molecule has 1 saturated heterocycles. The number of hydrogen-bond donors (Lipinski definition) is 2. The largest absolute Gasteiger partial charge is 0.326 e. The molecule has 1 heterocycles. The van der Waals surface area contributed by atoms with Gasteiger partial charge in [-0.05, 0) is 49.8 Å². The zero-order valence-corrected chi connectivity index (χ0v) is 14.2. The van der Waals surface area contributed by atoms with Crippen LogP contribution in [0.15, 0.2) is 24.3 Å². The number of rotatable bonds is 4. The molecule has 130 valence electrons. The predicted octanol–water partition coefficient (Wildman–Crippen LogP) is 4.22. The first kappa shape index (κ1) is 16.8. The normalized spacial score (nSPS) is 18.4. The van der Waals surface area contributed by atoms with E-state index in [0.717, 1.165) is 37.3 Å². The molecule has 0 atom stereocenters. The fourth-order valence-corrected chi connectivity index (χ4v) is 3.66. The smallest absolute Gasteiger partial charge is 0.321 e. The average Bonchev–Trinajstić information content (AvgIpc) is 3.10. The number of nitrogens with one attached hydrogen (secondary N) is 2. The maximum Gasteiger partial charge on any atom is 0.321 e. The van der Waals surface area contributed by atoms with Crippen LogP contribution in [0.1, 0.15) is 51.4 Å². The second kappa shape index (κ2) is 8.18. The molecule has 2 aliphatic rings. The lowest BCUT2D eigenvalue weighted by Gasteiger charge is -2.21. The third-order valence-corrected chi connectivity index (χ3v) is 4.99. The maximum absolute atomic E-state index is 12.2. The molecule has 24 heavy (non-hydrogen) atoms. The molecule has 0 radical (unpaired) electrons. The number of nitrogens with zero attached hydrogens (tertiary/aromatic N) is 1. The standard InChI is InChI=1S/C19H27N3O2/c23-18(13-15-7-2-1-3-8-15)20-16-9-6-10-17(14-16)21-19(24)22-11-4-5-12-22/h6,9-10,14-15H,1-5,7-8,11-13H2,(H,20,23)(H,21,24). The first-order chi connectivity index (χ1) is 11.7. The molecule has 1 aliphatic heterocycles. The van der Waals surface area contributed by atoms with E-state index >= 15 is 0 Å². The fourth-order valence-electron chi connectivity index (χ4n) is 3.66. The van der Waals surface area contributed by atoms with Gasteiger partial charge in [0.15, 0.2) is 0 Å². The summed E-state index contributed by atoms with van der Waals surface area (Å²) < 4.78 is 0. The van der Waals surface area contributed by atoms with Gasteiger partial charge >= 0.3 is 6.03 Å². The lowest BCUT2D eigenvalue weighted by Crippen LogP contribution is -2.32. The number of likely N-dealkylation sites (tertiary alicyclic amines) is 1. The fraction of sp³-hybridized carbons (Fsp3) is 0.579. The SMILES string of the molecule is O=C(CC1CCCCC1)Nc1cccc(NC(=O)N2CCCC2)c1. The molecule has 0 aromatic heterocycles. The van der Waals surface area contributed by atoms with Gasteiger partial charge in [0.05, 0.1) is 0 Å². The van der Waals surface area contributed by atoms with Crippen molar-refractivity contribution in [2.45, 2.75) is 51.4 Å². The number of carbonyl (C=O) groups is 2. The Labute approximate surface area is 143 Å². The molecule has 1 aliphatic carbocycles. The van der Waals surface area contributed by atoms with Gasteiger partial charge in [-0.15, -0.1) is 0 Å². The van der Waals surface area contributed by atoms with E-state index in [-0.39, 0.29) is 11.9 Å². The van der Waals surface area contributed by atoms with E-state index in [2.05, 4.69) is 10.6 Å². The van der Waals surface area contributed by atoms with E-state index in [1.54, 1.807) is 0 Å². The second-order valence-corrected chi connectivity index (χ2v) is 6.96. The van der Waals surface area contributed by atoms with Crippen molar-refractivity contribution in [2.75, 3.05) is 23.7 Å². The Bertz CT molecular complexity index is 576. The zero-order chi connectivity index (χ0) is 16.8. The van der Waals surface area contributed by atoms with E-state index in [9.17, 15) is 9.59 Å². The summed E-state index contributed by atoms with van der Waals surface area (Å²) in [7, 11) is 0. The quantitative estimate of drug-likeness (QED) is 0.868. The molecule has 1 aromatic carbocycles. The lowest BCUT2D eigenvalue weighted by molar-refractivity contribution is -0.117. The molecular formula is C19H27N3O2. The average molecular weight is 329 g/mol. The highest BCUT2D eigenvalue weighted by molar-refractivity contribution is 5.93. The molecular weight excluding hydrogens is 302 g/mol. The molecule has 0 spiro atoms. The first-order valence-corrected chi connectivity index (χ1v) is 9.16. The Morgan fingerprint density at radius 1 is 0.958 bits per heavy atom. The van der Waals surface area contributed by atoms with Crippen molar-refractivity contribution in [1.29, 1.82) is 0 Å². The van der Waals surface area contributed by atoms with E-state index in [1.165, 1.54) is 32.1 Å². The van der Waals surface area contributed by atoms with Crippen molar-refractivity contribution in [2.24, 2.45) is 5.92 Å². The monoisotopic (exact) mass is 329 g/mol. The summed E-state index contributed by atoms with van der Waals surface area (Å²) in [5, 5.41) is 5.88. The summed E-state index contributed by atoms with van der Waals surface area (Å²) in [5.41, 5.74) is 1.47. The van der Waals surface area contributed by atoms with Gasteiger partial charge in [-0.3, -0.25) is 4.79 Å². The highest BCUT2D eigenvalue weighted by Crippen LogP contribution is 2.27. The molecule has 2 N–H and O–H groups in total. The van der Waals surface area contributed by atoms with Crippen molar-refractivity contribution in [3.63, 3.8) is 0 Å². The van der Waals surface area contributed by atoms with Crippen molar-refractivity contribution in [3.05, 3.63) is 24.3 Å². The van der Waals surface area contributed by atoms with Crippen molar-refractivity contribution < 1.29 is 9.59 Å². The van der Waals surface area contributed by atoms with E-state index in [4.69, 9.17) is 0 Å². The summed E-state index contributed by atoms with van der Waals surface area (Å²) in [4.78, 5) is 26.2. The van der Waals surface area contributed by atoms with Crippen LogP contribution in [0.2, 0.25) is 0 Å². The van der Waals surface area contributed by atoms with Gasteiger partial charge in [0.1, 0.15) is 0 Å². The molecule has 5 heteroatoms. The minimum Gasteiger partial charge on any atom is -0.326 e. The first-order valence-electron chi connectivity index (χ1n) is 9.16. The number of amides is 3. The van der Waals surface area contributed by atoms with Crippen LogP contribution in [0, 0.1) is 5.92 Å². The number of carbonyl (C=O) groups excluding carboxylic acids is 2. The number of urea groups is 1. The van der Waals surface area contributed by atoms with E-state index in [0.29, 0.717) is 12.3 Å². The van der Waals surface area contributed by atoms with Crippen LogP contribution in [0.3, 0.4) is 0 Å². The summed E-state index contributed by atoms with van der Waals surface area (Å²) in [6.45, 7) is 1.65. The van der Waals surface area contributed by atoms with Crippen LogP contribution in [-0.4, -0.2) is 29.9 Å². The van der Waals surface area contributed by atoms with Gasteiger partial charge in [0.2, 0.25) is 5.91 Å². The number of benzene rings is 1. The van der Waals surface area contributed by atoms with Gasteiger partial charge in [0.25, 0.3) is 0 Å². The number of anilines is 2. The van der Waals surface area contributed by atoms with Crippen molar-refractivity contribution in [3.8, 4) is 0 Å². The van der Waals surface area contributed by atoms with Crippen LogP contribution in [-0.2, 0) is 4.79 Å². The van der Waals surface area contributed by atoms with Crippen LogP contribution in [0.4, 0.5) is 16.2 Å². The summed E-state index contributed by atoms with van der Waals surface area (Å²) in [6.07, 6.45) is 8.88.